The van der Waals surface area contributed by atoms with Gasteiger partial charge < -0.3 is 19.7 Å². The zero-order chi connectivity index (χ0) is 24.4. The summed E-state index contributed by atoms with van der Waals surface area (Å²) in [6, 6.07) is 20.5. The second-order valence-corrected chi connectivity index (χ2v) is 9.55. The van der Waals surface area contributed by atoms with E-state index in [4.69, 9.17) is 9.47 Å². The number of hydrogen-bond donors (Lipinski definition) is 2. The Kier molecular flexibility index (Phi) is 6.69. The van der Waals surface area contributed by atoms with Crippen LogP contribution in [0.3, 0.4) is 0 Å². The van der Waals surface area contributed by atoms with Crippen molar-refractivity contribution in [3.63, 3.8) is 0 Å². The van der Waals surface area contributed by atoms with Crippen LogP contribution >= 0.6 is 0 Å². The van der Waals surface area contributed by atoms with E-state index in [9.17, 15) is 10.2 Å². The van der Waals surface area contributed by atoms with Crippen LogP contribution in [0.4, 0.5) is 0 Å². The largest absolute Gasteiger partial charge is 0.508 e. The monoisotopic (exact) mass is 471 g/mol. The van der Waals surface area contributed by atoms with Crippen molar-refractivity contribution in [1.29, 1.82) is 0 Å². The SMILES string of the molecule is CC[C@@H]1CCN(CCOc2ccc(C3Oc4cc(O)ccc4C(C)=C3c3cccc(O)c3)cc2)C1. The Bertz CT molecular complexity index is 1220. The number of phenolic OH excluding ortho intramolecular Hbond substituents is 2. The van der Waals surface area contributed by atoms with Crippen molar-refractivity contribution in [3.8, 4) is 23.0 Å². The maximum atomic E-state index is 10.1. The van der Waals surface area contributed by atoms with E-state index >= 15 is 0 Å². The highest BCUT2D eigenvalue weighted by Crippen LogP contribution is 2.47. The molecule has 3 aromatic carbocycles. The van der Waals surface area contributed by atoms with Gasteiger partial charge in [-0.15, -0.1) is 0 Å². The summed E-state index contributed by atoms with van der Waals surface area (Å²) in [5.41, 5.74) is 4.87. The Labute approximate surface area is 207 Å². The Morgan fingerprint density at radius 2 is 1.80 bits per heavy atom. The van der Waals surface area contributed by atoms with Crippen LogP contribution in [0.15, 0.2) is 66.7 Å². The molecule has 1 saturated heterocycles. The summed E-state index contributed by atoms with van der Waals surface area (Å²) < 4.78 is 12.5. The van der Waals surface area contributed by atoms with E-state index in [-0.39, 0.29) is 17.6 Å². The predicted octanol–water partition coefficient (Wildman–Crippen LogP) is 6.27. The van der Waals surface area contributed by atoms with Gasteiger partial charge in [0.05, 0.1) is 0 Å². The molecule has 1 unspecified atom stereocenters. The number of aromatic hydroxyl groups is 2. The number of ether oxygens (including phenoxy) is 2. The van der Waals surface area contributed by atoms with Gasteiger partial charge in [-0.2, -0.15) is 0 Å². The molecule has 0 saturated carbocycles. The molecule has 182 valence electrons. The molecule has 5 nitrogen and oxygen atoms in total. The fraction of sp³-hybridized carbons (Fsp3) is 0.333. The number of benzene rings is 3. The molecule has 0 radical (unpaired) electrons. The third-order valence-corrected chi connectivity index (χ3v) is 7.24. The molecule has 0 bridgehead atoms. The molecule has 2 heterocycles. The van der Waals surface area contributed by atoms with Crippen LogP contribution in [-0.2, 0) is 0 Å². The smallest absolute Gasteiger partial charge is 0.150 e. The van der Waals surface area contributed by atoms with Gasteiger partial charge in [-0.05, 0) is 78.9 Å². The second kappa shape index (κ2) is 10.0. The fourth-order valence-corrected chi connectivity index (χ4v) is 5.20. The highest BCUT2D eigenvalue weighted by atomic mass is 16.5. The first-order chi connectivity index (χ1) is 17.0. The van der Waals surface area contributed by atoms with E-state index in [1.54, 1.807) is 24.3 Å². The molecule has 35 heavy (non-hydrogen) atoms. The molecule has 2 aliphatic heterocycles. The summed E-state index contributed by atoms with van der Waals surface area (Å²) in [7, 11) is 0. The number of likely N-dealkylation sites (tertiary alicyclic amines) is 1. The van der Waals surface area contributed by atoms with Crippen molar-refractivity contribution in [2.75, 3.05) is 26.2 Å². The van der Waals surface area contributed by atoms with Crippen molar-refractivity contribution in [2.24, 2.45) is 5.92 Å². The Hall–Kier alpha value is -3.44. The molecule has 1 fully saturated rings. The molecule has 0 amide bonds. The number of nitrogens with zero attached hydrogens (tertiary/aromatic N) is 1. The molecule has 0 spiro atoms. The molecule has 0 aliphatic carbocycles. The van der Waals surface area contributed by atoms with E-state index in [0.717, 1.165) is 46.0 Å². The molecule has 5 rings (SSSR count). The van der Waals surface area contributed by atoms with Crippen molar-refractivity contribution < 1.29 is 19.7 Å². The number of hydrogen-bond acceptors (Lipinski definition) is 5. The number of phenols is 2. The van der Waals surface area contributed by atoms with Gasteiger partial charge >= 0.3 is 0 Å². The van der Waals surface area contributed by atoms with Crippen LogP contribution in [-0.4, -0.2) is 41.4 Å². The minimum absolute atomic E-state index is 0.170. The van der Waals surface area contributed by atoms with E-state index in [1.165, 1.54) is 25.9 Å². The molecule has 2 atom stereocenters. The van der Waals surface area contributed by atoms with Crippen LogP contribution < -0.4 is 9.47 Å². The van der Waals surface area contributed by atoms with Gasteiger partial charge in [0.25, 0.3) is 0 Å². The van der Waals surface area contributed by atoms with Crippen molar-refractivity contribution >= 4 is 11.1 Å². The lowest BCUT2D eigenvalue weighted by Gasteiger charge is -2.31. The van der Waals surface area contributed by atoms with Crippen molar-refractivity contribution in [3.05, 3.63) is 83.4 Å². The highest BCUT2D eigenvalue weighted by molar-refractivity contribution is 5.95. The zero-order valence-electron chi connectivity index (χ0n) is 20.4. The summed E-state index contributed by atoms with van der Waals surface area (Å²) in [6.07, 6.45) is 2.17. The first kappa shape index (κ1) is 23.3. The lowest BCUT2D eigenvalue weighted by molar-refractivity contribution is 0.232. The topological polar surface area (TPSA) is 62.2 Å². The van der Waals surface area contributed by atoms with Crippen LogP contribution in [0.1, 0.15) is 49.5 Å². The van der Waals surface area contributed by atoms with Gasteiger partial charge in [0.15, 0.2) is 0 Å². The number of fused-ring (bicyclic) bond motifs is 1. The summed E-state index contributed by atoms with van der Waals surface area (Å²) in [6.45, 7) is 8.30. The third kappa shape index (κ3) is 5.01. The molecule has 2 aliphatic rings. The Morgan fingerprint density at radius 1 is 1.00 bits per heavy atom. The van der Waals surface area contributed by atoms with Crippen LogP contribution in [0.5, 0.6) is 23.0 Å². The number of rotatable bonds is 7. The minimum atomic E-state index is -0.379. The van der Waals surface area contributed by atoms with E-state index in [2.05, 4.69) is 18.7 Å². The summed E-state index contributed by atoms with van der Waals surface area (Å²) in [5.74, 6) is 2.70. The molecular weight excluding hydrogens is 438 g/mol. The van der Waals surface area contributed by atoms with Gasteiger partial charge in [0.1, 0.15) is 35.7 Å². The molecule has 5 heteroatoms. The molecule has 2 N–H and O–H groups in total. The first-order valence-electron chi connectivity index (χ1n) is 12.5. The second-order valence-electron chi connectivity index (χ2n) is 9.55. The zero-order valence-corrected chi connectivity index (χ0v) is 20.4. The van der Waals surface area contributed by atoms with E-state index in [1.807, 2.05) is 42.5 Å². The maximum absolute atomic E-state index is 10.1. The van der Waals surface area contributed by atoms with Crippen molar-refractivity contribution in [1.82, 2.24) is 4.90 Å². The first-order valence-corrected chi connectivity index (χ1v) is 12.5. The minimum Gasteiger partial charge on any atom is -0.508 e. The third-order valence-electron chi connectivity index (χ3n) is 7.24. The number of allylic oxidation sites excluding steroid dienone is 1. The Morgan fingerprint density at radius 3 is 2.54 bits per heavy atom. The summed E-state index contributed by atoms with van der Waals surface area (Å²) in [5, 5.41) is 20.2. The van der Waals surface area contributed by atoms with Gasteiger partial charge in [0, 0.05) is 30.3 Å². The summed E-state index contributed by atoms with van der Waals surface area (Å²) in [4.78, 5) is 2.49. The van der Waals surface area contributed by atoms with Gasteiger partial charge in [-0.3, -0.25) is 4.90 Å². The van der Waals surface area contributed by atoms with Gasteiger partial charge in [-0.25, -0.2) is 0 Å². The lowest BCUT2D eigenvalue weighted by atomic mass is 9.86. The molecule has 3 aromatic rings. The van der Waals surface area contributed by atoms with E-state index < -0.39 is 0 Å². The van der Waals surface area contributed by atoms with Crippen LogP contribution in [0.25, 0.3) is 11.1 Å². The fourth-order valence-electron chi connectivity index (χ4n) is 5.20. The van der Waals surface area contributed by atoms with Crippen LogP contribution in [0, 0.1) is 5.92 Å². The molecule has 0 aromatic heterocycles. The normalized spacial score (nSPS) is 19.9. The Balaban J connectivity index is 1.37. The van der Waals surface area contributed by atoms with Gasteiger partial charge in [-0.1, -0.05) is 37.6 Å². The predicted molar refractivity (Wildman–Crippen MR) is 139 cm³/mol. The van der Waals surface area contributed by atoms with E-state index in [0.29, 0.717) is 12.4 Å². The summed E-state index contributed by atoms with van der Waals surface area (Å²) >= 11 is 0. The lowest BCUT2D eigenvalue weighted by Crippen LogP contribution is -2.26. The highest BCUT2D eigenvalue weighted by Gasteiger charge is 2.29. The van der Waals surface area contributed by atoms with Crippen LogP contribution in [0.2, 0.25) is 0 Å². The average molecular weight is 472 g/mol. The maximum Gasteiger partial charge on any atom is 0.150 e. The average Bonchev–Trinajstić information content (AvgIpc) is 3.32. The van der Waals surface area contributed by atoms with Crippen molar-refractivity contribution in [2.45, 2.75) is 32.8 Å². The van der Waals surface area contributed by atoms with Gasteiger partial charge in [0.2, 0.25) is 0 Å². The quantitative estimate of drug-likeness (QED) is 0.425. The molecular formula is C30H33NO4. The standard InChI is InChI=1S/C30H33NO4/c1-3-21-13-14-31(19-21)15-16-34-26-10-7-22(8-11-26)30-29(23-5-4-6-24(32)17-23)20(2)27-12-9-25(33)18-28(27)35-30/h4-12,17-18,21,30,32-33H,3,13-16,19H2,1-2H3/t21-,30?/m1/s1.